The minimum Gasteiger partial charge on any atom is -0.348 e. The SMILES string of the molecule is CCCC(N)C(=O)NC1CCS(=O)(=O)c2ccccc21.Cl. The number of hydrogen-bond donors (Lipinski definition) is 2. The molecule has 1 aliphatic rings. The van der Waals surface area contributed by atoms with Gasteiger partial charge in [0.05, 0.1) is 22.7 Å². The minimum atomic E-state index is -3.22. The van der Waals surface area contributed by atoms with Crippen molar-refractivity contribution in [3.05, 3.63) is 29.8 Å². The summed E-state index contributed by atoms with van der Waals surface area (Å²) in [6.07, 6.45) is 1.85. The molecule has 1 amide bonds. The second-order valence-electron chi connectivity index (χ2n) is 5.10. The summed E-state index contributed by atoms with van der Waals surface area (Å²) in [6, 6.07) is 6.02. The van der Waals surface area contributed by atoms with Crippen LogP contribution in [0.15, 0.2) is 29.2 Å². The van der Waals surface area contributed by atoms with Crippen LogP contribution in [0.25, 0.3) is 0 Å². The Labute approximate surface area is 131 Å². The van der Waals surface area contributed by atoms with Gasteiger partial charge in [-0.05, 0) is 24.5 Å². The van der Waals surface area contributed by atoms with Crippen molar-refractivity contribution in [2.75, 3.05) is 5.75 Å². The van der Waals surface area contributed by atoms with E-state index in [-0.39, 0.29) is 30.1 Å². The van der Waals surface area contributed by atoms with Crippen LogP contribution in [0.1, 0.15) is 37.8 Å². The molecular weight excluding hydrogens is 312 g/mol. The number of carbonyl (C=O) groups is 1. The molecular formula is C14H21ClN2O3S. The first kappa shape index (κ1) is 17.9. The van der Waals surface area contributed by atoms with Gasteiger partial charge in [0.2, 0.25) is 5.91 Å². The molecule has 0 saturated heterocycles. The second-order valence-corrected chi connectivity index (χ2v) is 7.18. The normalized spacial score (nSPS) is 20.8. The third-order valence-electron chi connectivity index (χ3n) is 3.56. The van der Waals surface area contributed by atoms with E-state index < -0.39 is 15.9 Å². The van der Waals surface area contributed by atoms with Gasteiger partial charge in [0, 0.05) is 0 Å². The highest BCUT2D eigenvalue weighted by atomic mass is 35.5. The number of nitrogens with one attached hydrogen (secondary N) is 1. The lowest BCUT2D eigenvalue weighted by Crippen LogP contribution is -2.43. The summed E-state index contributed by atoms with van der Waals surface area (Å²) >= 11 is 0. The van der Waals surface area contributed by atoms with Crippen LogP contribution in [-0.4, -0.2) is 26.1 Å². The number of nitrogens with two attached hydrogens (primary N) is 1. The van der Waals surface area contributed by atoms with Crippen LogP contribution < -0.4 is 11.1 Å². The lowest BCUT2D eigenvalue weighted by atomic mass is 10.0. The van der Waals surface area contributed by atoms with Crippen LogP contribution in [0.3, 0.4) is 0 Å². The molecule has 1 aromatic rings. The van der Waals surface area contributed by atoms with Gasteiger partial charge in [0.15, 0.2) is 9.84 Å². The Balaban J connectivity index is 0.00000220. The van der Waals surface area contributed by atoms with Gasteiger partial charge in [-0.1, -0.05) is 31.5 Å². The van der Waals surface area contributed by atoms with Gasteiger partial charge in [-0.3, -0.25) is 4.79 Å². The molecule has 2 rings (SSSR count). The van der Waals surface area contributed by atoms with Gasteiger partial charge >= 0.3 is 0 Å². The molecule has 0 aromatic heterocycles. The molecule has 0 bridgehead atoms. The summed E-state index contributed by atoms with van der Waals surface area (Å²) in [5.74, 6) is -0.163. The Kier molecular flexibility index (Phi) is 6.19. The van der Waals surface area contributed by atoms with Crippen LogP contribution in [0.5, 0.6) is 0 Å². The third-order valence-corrected chi connectivity index (χ3v) is 5.37. The summed E-state index contributed by atoms with van der Waals surface area (Å²) < 4.78 is 24.0. The van der Waals surface area contributed by atoms with Crippen LogP contribution >= 0.6 is 12.4 Å². The Hall–Kier alpha value is -1.11. The summed E-state index contributed by atoms with van der Waals surface area (Å²) in [4.78, 5) is 12.3. The molecule has 0 radical (unpaired) electrons. The van der Waals surface area contributed by atoms with Crippen LogP contribution in [-0.2, 0) is 14.6 Å². The van der Waals surface area contributed by atoms with Crippen molar-refractivity contribution in [1.82, 2.24) is 5.32 Å². The Morgan fingerprint density at radius 1 is 1.43 bits per heavy atom. The summed E-state index contributed by atoms with van der Waals surface area (Å²) in [6.45, 7) is 1.97. The van der Waals surface area contributed by atoms with E-state index in [1.807, 2.05) is 6.92 Å². The maximum Gasteiger partial charge on any atom is 0.237 e. The molecule has 21 heavy (non-hydrogen) atoms. The first-order valence-electron chi connectivity index (χ1n) is 6.83. The third kappa shape index (κ3) is 3.96. The summed E-state index contributed by atoms with van der Waals surface area (Å²) in [5, 5.41) is 2.87. The number of sulfone groups is 1. The van der Waals surface area contributed by atoms with Crippen molar-refractivity contribution in [3.63, 3.8) is 0 Å². The van der Waals surface area contributed by atoms with E-state index in [4.69, 9.17) is 5.73 Å². The van der Waals surface area contributed by atoms with Crippen molar-refractivity contribution in [3.8, 4) is 0 Å². The quantitative estimate of drug-likeness (QED) is 0.875. The van der Waals surface area contributed by atoms with Crippen LogP contribution in [0.4, 0.5) is 0 Å². The van der Waals surface area contributed by atoms with Crippen molar-refractivity contribution in [2.45, 2.75) is 43.2 Å². The van der Waals surface area contributed by atoms with E-state index in [0.717, 1.165) is 6.42 Å². The van der Waals surface area contributed by atoms with Crippen LogP contribution in [0.2, 0.25) is 0 Å². The molecule has 0 spiro atoms. The van der Waals surface area contributed by atoms with Gasteiger partial charge in [0.1, 0.15) is 0 Å². The fourth-order valence-corrected chi connectivity index (χ4v) is 4.08. The lowest BCUT2D eigenvalue weighted by Gasteiger charge is -2.27. The number of hydrogen-bond acceptors (Lipinski definition) is 4. The van der Waals surface area contributed by atoms with Gasteiger partial charge in [0.25, 0.3) is 0 Å². The predicted octanol–water partition coefficient (Wildman–Crippen LogP) is 1.57. The standard InChI is InChI=1S/C14H20N2O3S.ClH/c1-2-5-11(15)14(17)16-12-8-9-20(18,19)13-7-4-3-6-10(12)13;/h3-4,6-7,11-12H,2,5,8-9,15H2,1H3,(H,16,17);1H. The molecule has 0 fully saturated rings. The van der Waals surface area contributed by atoms with Crippen molar-refractivity contribution in [1.29, 1.82) is 0 Å². The summed E-state index contributed by atoms with van der Waals surface area (Å²) in [5.41, 5.74) is 6.45. The smallest absolute Gasteiger partial charge is 0.237 e. The molecule has 0 saturated carbocycles. The van der Waals surface area contributed by atoms with E-state index in [1.165, 1.54) is 0 Å². The molecule has 2 unspecified atom stereocenters. The average molecular weight is 333 g/mol. The Morgan fingerprint density at radius 3 is 2.76 bits per heavy atom. The monoisotopic (exact) mass is 332 g/mol. The molecule has 1 aromatic carbocycles. The number of rotatable bonds is 4. The number of carbonyl (C=O) groups excluding carboxylic acids is 1. The highest BCUT2D eigenvalue weighted by molar-refractivity contribution is 7.91. The first-order chi connectivity index (χ1) is 9.45. The Morgan fingerprint density at radius 2 is 2.10 bits per heavy atom. The van der Waals surface area contributed by atoms with Gasteiger partial charge in [-0.25, -0.2) is 8.42 Å². The highest BCUT2D eigenvalue weighted by Crippen LogP contribution is 2.31. The summed E-state index contributed by atoms with van der Waals surface area (Å²) in [7, 11) is -3.22. The van der Waals surface area contributed by atoms with E-state index in [1.54, 1.807) is 24.3 Å². The Bertz CT molecular complexity index is 604. The zero-order valence-electron chi connectivity index (χ0n) is 11.9. The zero-order chi connectivity index (χ0) is 14.8. The van der Waals surface area contributed by atoms with E-state index in [0.29, 0.717) is 23.3 Å². The molecule has 7 heteroatoms. The minimum absolute atomic E-state index is 0. The second kappa shape index (κ2) is 7.24. The topological polar surface area (TPSA) is 89.3 Å². The molecule has 1 heterocycles. The van der Waals surface area contributed by atoms with E-state index in [9.17, 15) is 13.2 Å². The predicted molar refractivity (Wildman–Crippen MR) is 84.1 cm³/mol. The van der Waals surface area contributed by atoms with Crippen molar-refractivity contribution >= 4 is 28.2 Å². The largest absolute Gasteiger partial charge is 0.348 e. The first-order valence-corrected chi connectivity index (χ1v) is 8.48. The molecule has 1 aliphatic heterocycles. The number of fused-ring (bicyclic) bond motifs is 1. The molecule has 118 valence electrons. The van der Waals surface area contributed by atoms with Crippen molar-refractivity contribution in [2.24, 2.45) is 5.73 Å². The van der Waals surface area contributed by atoms with Gasteiger partial charge in [-0.2, -0.15) is 0 Å². The number of halogens is 1. The molecule has 5 nitrogen and oxygen atoms in total. The van der Waals surface area contributed by atoms with Crippen molar-refractivity contribution < 1.29 is 13.2 Å². The van der Waals surface area contributed by atoms with E-state index >= 15 is 0 Å². The molecule has 2 atom stereocenters. The lowest BCUT2D eigenvalue weighted by molar-refractivity contribution is -0.123. The van der Waals surface area contributed by atoms with Crippen LogP contribution in [0, 0.1) is 0 Å². The fraction of sp³-hybridized carbons (Fsp3) is 0.500. The highest BCUT2D eigenvalue weighted by Gasteiger charge is 2.31. The molecule has 3 N–H and O–H groups in total. The van der Waals surface area contributed by atoms with E-state index in [2.05, 4.69) is 5.32 Å². The molecule has 0 aliphatic carbocycles. The van der Waals surface area contributed by atoms with Gasteiger partial charge in [-0.15, -0.1) is 12.4 Å². The number of benzene rings is 1. The maximum absolute atomic E-state index is 12.0. The fourth-order valence-electron chi connectivity index (χ4n) is 2.46. The maximum atomic E-state index is 12.0. The van der Waals surface area contributed by atoms with Gasteiger partial charge < -0.3 is 11.1 Å². The number of amides is 1. The average Bonchev–Trinajstić information content (AvgIpc) is 2.42. The zero-order valence-corrected chi connectivity index (χ0v) is 13.5.